The van der Waals surface area contributed by atoms with E-state index in [4.69, 9.17) is 4.84 Å². The lowest BCUT2D eigenvalue weighted by Crippen LogP contribution is -2.14. The summed E-state index contributed by atoms with van der Waals surface area (Å²) in [5.41, 5.74) is 5.52. The van der Waals surface area contributed by atoms with Crippen molar-refractivity contribution < 1.29 is 14.4 Å². The van der Waals surface area contributed by atoms with Crippen LogP contribution in [0.25, 0.3) is 0 Å². The van der Waals surface area contributed by atoms with Gasteiger partial charge in [-0.3, -0.25) is 4.84 Å². The Bertz CT molecular complexity index is 602. The molecular weight excluding hydrogens is 334 g/mol. The number of hydrogen-bond donors (Lipinski definition) is 1. The van der Waals surface area contributed by atoms with E-state index in [2.05, 4.69) is 26.1 Å². The summed E-state index contributed by atoms with van der Waals surface area (Å²) < 4.78 is 5.51. The summed E-state index contributed by atoms with van der Waals surface area (Å²) in [7, 11) is 1.36. The van der Waals surface area contributed by atoms with Gasteiger partial charge < -0.3 is 4.74 Å². The Morgan fingerprint density at radius 2 is 1.95 bits per heavy atom. The number of esters is 1. The molecule has 21 heavy (non-hydrogen) atoms. The van der Waals surface area contributed by atoms with Crippen molar-refractivity contribution in [2.24, 2.45) is 0 Å². The smallest absolute Gasteiger partial charge is 0.337 e. The van der Waals surface area contributed by atoms with Gasteiger partial charge in [0.15, 0.2) is 0 Å². The van der Waals surface area contributed by atoms with Gasteiger partial charge in [-0.15, -0.1) is 0 Å². The topological polar surface area (TPSA) is 47.6 Å². The maximum atomic E-state index is 11.4. The van der Waals surface area contributed by atoms with Crippen molar-refractivity contribution in [3.63, 3.8) is 0 Å². The number of benzene rings is 2. The Morgan fingerprint density at radius 3 is 2.62 bits per heavy atom. The van der Waals surface area contributed by atoms with Crippen molar-refractivity contribution in [1.29, 1.82) is 0 Å². The fraction of sp³-hybridized carbons (Fsp3) is 0.188. The van der Waals surface area contributed by atoms with Gasteiger partial charge in [0.25, 0.3) is 0 Å². The molecular formula is C16H16BrNO3. The van der Waals surface area contributed by atoms with E-state index >= 15 is 0 Å². The molecule has 4 nitrogen and oxygen atoms in total. The molecule has 1 N–H and O–H groups in total. The Hall–Kier alpha value is -1.69. The van der Waals surface area contributed by atoms with E-state index in [1.165, 1.54) is 7.11 Å². The molecule has 0 radical (unpaired) electrons. The molecule has 110 valence electrons. The van der Waals surface area contributed by atoms with Crippen LogP contribution in [0, 0.1) is 0 Å². The second-order valence-corrected chi connectivity index (χ2v) is 5.25. The minimum atomic E-state index is -0.351. The van der Waals surface area contributed by atoms with Crippen LogP contribution in [-0.4, -0.2) is 13.1 Å². The SMILES string of the molecule is COC(=O)c1ccc(CNOCc2ccccc2)c(Br)c1. The lowest BCUT2D eigenvalue weighted by atomic mass is 10.1. The average Bonchev–Trinajstić information content (AvgIpc) is 2.53. The highest BCUT2D eigenvalue weighted by Crippen LogP contribution is 2.19. The number of hydroxylamine groups is 1. The van der Waals surface area contributed by atoms with Crippen LogP contribution in [0.4, 0.5) is 0 Å². The number of rotatable bonds is 6. The number of hydrogen-bond acceptors (Lipinski definition) is 4. The minimum Gasteiger partial charge on any atom is -0.465 e. The molecule has 0 spiro atoms. The zero-order valence-electron chi connectivity index (χ0n) is 11.6. The monoisotopic (exact) mass is 349 g/mol. The Balaban J connectivity index is 1.85. The predicted molar refractivity (Wildman–Crippen MR) is 83.6 cm³/mol. The molecule has 0 aliphatic heterocycles. The van der Waals surface area contributed by atoms with Gasteiger partial charge in [-0.05, 0) is 23.3 Å². The van der Waals surface area contributed by atoms with E-state index in [1.807, 2.05) is 36.4 Å². The zero-order chi connectivity index (χ0) is 15.1. The van der Waals surface area contributed by atoms with Crippen LogP contribution in [0.15, 0.2) is 53.0 Å². The van der Waals surface area contributed by atoms with Gasteiger partial charge in [0.2, 0.25) is 0 Å². The van der Waals surface area contributed by atoms with Crippen molar-refractivity contribution in [3.05, 3.63) is 69.7 Å². The lowest BCUT2D eigenvalue weighted by molar-refractivity contribution is 0.0234. The molecule has 0 unspecified atom stereocenters. The Morgan fingerprint density at radius 1 is 1.19 bits per heavy atom. The van der Waals surface area contributed by atoms with E-state index in [9.17, 15) is 4.79 Å². The highest BCUT2D eigenvalue weighted by molar-refractivity contribution is 9.10. The van der Waals surface area contributed by atoms with Gasteiger partial charge in [0.05, 0.1) is 19.3 Å². The first kappa shape index (κ1) is 15.7. The summed E-state index contributed by atoms with van der Waals surface area (Å²) in [6.45, 7) is 1.04. The molecule has 0 amide bonds. The highest BCUT2D eigenvalue weighted by atomic mass is 79.9. The third-order valence-corrected chi connectivity index (χ3v) is 3.66. The summed E-state index contributed by atoms with van der Waals surface area (Å²) in [5, 5.41) is 0. The van der Waals surface area contributed by atoms with Crippen molar-refractivity contribution in [2.45, 2.75) is 13.2 Å². The van der Waals surface area contributed by atoms with Crippen molar-refractivity contribution in [2.75, 3.05) is 7.11 Å². The fourth-order valence-electron chi connectivity index (χ4n) is 1.77. The number of ether oxygens (including phenoxy) is 1. The summed E-state index contributed by atoms with van der Waals surface area (Å²) in [6, 6.07) is 15.2. The van der Waals surface area contributed by atoms with Gasteiger partial charge >= 0.3 is 5.97 Å². The Kier molecular flexibility index (Phi) is 5.92. The molecule has 2 aromatic carbocycles. The van der Waals surface area contributed by atoms with Crippen LogP contribution in [0.3, 0.4) is 0 Å². The van der Waals surface area contributed by atoms with Gasteiger partial charge in [0, 0.05) is 11.0 Å². The normalized spacial score (nSPS) is 10.4. The molecule has 0 saturated heterocycles. The molecule has 0 aromatic heterocycles. The first-order chi connectivity index (χ1) is 10.2. The van der Waals surface area contributed by atoms with E-state index in [1.54, 1.807) is 12.1 Å². The van der Waals surface area contributed by atoms with Gasteiger partial charge in [-0.25, -0.2) is 4.79 Å². The molecule has 0 aliphatic rings. The standard InChI is InChI=1S/C16H16BrNO3/c1-20-16(19)13-7-8-14(15(17)9-13)10-18-21-11-12-5-3-2-4-6-12/h2-9,18H,10-11H2,1H3. The van der Waals surface area contributed by atoms with E-state index in [-0.39, 0.29) is 5.97 Å². The molecule has 0 saturated carbocycles. The van der Waals surface area contributed by atoms with Gasteiger partial charge in [-0.1, -0.05) is 52.3 Å². The molecule has 0 atom stereocenters. The third-order valence-electron chi connectivity index (χ3n) is 2.92. The number of nitrogens with one attached hydrogen (secondary N) is 1. The molecule has 2 aromatic rings. The maximum Gasteiger partial charge on any atom is 0.337 e. The highest BCUT2D eigenvalue weighted by Gasteiger charge is 2.08. The molecule has 0 bridgehead atoms. The zero-order valence-corrected chi connectivity index (χ0v) is 13.2. The molecule has 2 rings (SSSR count). The maximum absolute atomic E-state index is 11.4. The van der Waals surface area contributed by atoms with Gasteiger partial charge in [-0.2, -0.15) is 5.48 Å². The first-order valence-corrected chi connectivity index (χ1v) is 7.25. The molecule has 0 fully saturated rings. The minimum absolute atomic E-state index is 0.351. The fourth-order valence-corrected chi connectivity index (χ4v) is 2.29. The van der Waals surface area contributed by atoms with E-state index < -0.39 is 0 Å². The van der Waals surface area contributed by atoms with Crippen LogP contribution >= 0.6 is 15.9 Å². The van der Waals surface area contributed by atoms with Crippen LogP contribution in [0.2, 0.25) is 0 Å². The largest absolute Gasteiger partial charge is 0.465 e. The number of carbonyl (C=O) groups excluding carboxylic acids is 1. The number of methoxy groups -OCH3 is 1. The number of carbonyl (C=O) groups is 1. The summed E-state index contributed by atoms with van der Waals surface area (Å²) >= 11 is 3.44. The predicted octanol–water partition coefficient (Wildman–Crippen LogP) is 3.46. The van der Waals surface area contributed by atoms with Crippen LogP contribution in [0.5, 0.6) is 0 Å². The second-order valence-electron chi connectivity index (χ2n) is 4.39. The van der Waals surface area contributed by atoms with Crippen LogP contribution < -0.4 is 5.48 Å². The molecule has 0 aliphatic carbocycles. The summed E-state index contributed by atoms with van der Waals surface area (Å²) in [6.07, 6.45) is 0. The van der Waals surface area contributed by atoms with Crippen molar-refractivity contribution in [3.8, 4) is 0 Å². The summed E-state index contributed by atoms with van der Waals surface area (Å²) in [4.78, 5) is 16.8. The Labute approximate surface area is 132 Å². The van der Waals surface area contributed by atoms with E-state index in [0.717, 1.165) is 15.6 Å². The third kappa shape index (κ3) is 4.67. The quantitative estimate of drug-likeness (QED) is 0.492. The lowest BCUT2D eigenvalue weighted by Gasteiger charge is -2.09. The van der Waals surface area contributed by atoms with Crippen molar-refractivity contribution in [1.82, 2.24) is 5.48 Å². The second kappa shape index (κ2) is 7.93. The average molecular weight is 350 g/mol. The van der Waals surface area contributed by atoms with E-state index in [0.29, 0.717) is 18.7 Å². The number of halogens is 1. The summed E-state index contributed by atoms with van der Waals surface area (Å²) in [5.74, 6) is -0.351. The van der Waals surface area contributed by atoms with Crippen LogP contribution in [0.1, 0.15) is 21.5 Å². The molecule has 0 heterocycles. The molecule has 5 heteroatoms. The van der Waals surface area contributed by atoms with Crippen molar-refractivity contribution >= 4 is 21.9 Å². The first-order valence-electron chi connectivity index (χ1n) is 6.46. The van der Waals surface area contributed by atoms with Crippen LogP contribution in [-0.2, 0) is 22.7 Å². The van der Waals surface area contributed by atoms with Gasteiger partial charge in [0.1, 0.15) is 0 Å².